The lowest BCUT2D eigenvalue weighted by molar-refractivity contribution is -0.147. The van der Waals surface area contributed by atoms with Crippen molar-refractivity contribution < 1.29 is 14.7 Å². The molecular weight excluding hydrogens is 198 g/mol. The quantitative estimate of drug-likeness (QED) is 0.237. The van der Waals surface area contributed by atoms with Crippen molar-refractivity contribution in [3.8, 4) is 0 Å². The minimum Gasteiger partial charge on any atom is -0.395 e. The van der Waals surface area contributed by atoms with Gasteiger partial charge in [-0.2, -0.15) is 0 Å². The third kappa shape index (κ3) is 2.90. The van der Waals surface area contributed by atoms with Crippen molar-refractivity contribution in [2.24, 2.45) is 5.84 Å². The molecule has 4 N–H and O–H groups in total. The molecule has 1 fully saturated rings. The molecule has 0 aromatic carbocycles. The van der Waals surface area contributed by atoms with Crippen molar-refractivity contribution in [1.82, 2.24) is 10.3 Å². The van der Waals surface area contributed by atoms with Gasteiger partial charge in [-0.3, -0.25) is 15.0 Å². The molecule has 0 atom stereocenters. The number of hydrogen-bond acceptors (Lipinski definition) is 4. The number of rotatable bonds is 3. The summed E-state index contributed by atoms with van der Waals surface area (Å²) in [6, 6.07) is 0.0712. The van der Waals surface area contributed by atoms with Gasteiger partial charge in [0, 0.05) is 12.6 Å². The Balaban J connectivity index is 2.63. The van der Waals surface area contributed by atoms with Crippen LogP contribution in [-0.4, -0.2) is 41.0 Å². The normalized spacial score (nSPS) is 16.4. The second-order valence-corrected chi connectivity index (χ2v) is 3.63. The molecule has 1 aliphatic rings. The lowest BCUT2D eigenvalue weighted by atomic mass is 10.2. The molecule has 6 nitrogen and oxygen atoms in total. The Morgan fingerprint density at radius 1 is 1.40 bits per heavy atom. The molecule has 1 aliphatic carbocycles. The van der Waals surface area contributed by atoms with E-state index >= 15 is 0 Å². The highest BCUT2D eigenvalue weighted by atomic mass is 16.3. The van der Waals surface area contributed by atoms with Crippen LogP contribution in [0.4, 0.5) is 0 Å². The first-order chi connectivity index (χ1) is 7.20. The van der Waals surface area contributed by atoms with Gasteiger partial charge in [-0.05, 0) is 12.8 Å². The summed E-state index contributed by atoms with van der Waals surface area (Å²) in [5.41, 5.74) is 1.82. The van der Waals surface area contributed by atoms with Crippen LogP contribution in [0.25, 0.3) is 0 Å². The summed E-state index contributed by atoms with van der Waals surface area (Å²) < 4.78 is 0. The van der Waals surface area contributed by atoms with E-state index in [1.165, 1.54) is 4.90 Å². The molecule has 2 amide bonds. The minimum atomic E-state index is -0.824. The summed E-state index contributed by atoms with van der Waals surface area (Å²) in [5, 5.41) is 8.84. The number of nitrogens with zero attached hydrogens (tertiary/aromatic N) is 1. The molecule has 0 heterocycles. The first kappa shape index (κ1) is 11.9. The van der Waals surface area contributed by atoms with Gasteiger partial charge in [0.1, 0.15) is 0 Å². The van der Waals surface area contributed by atoms with Crippen molar-refractivity contribution in [2.75, 3.05) is 13.2 Å². The van der Waals surface area contributed by atoms with E-state index in [1.807, 2.05) is 5.43 Å². The van der Waals surface area contributed by atoms with E-state index < -0.39 is 11.8 Å². The topological polar surface area (TPSA) is 95.7 Å². The SMILES string of the molecule is NNC(=O)C(=O)N(CCO)C1CCCC1. The average Bonchev–Trinajstić information content (AvgIpc) is 2.77. The maximum atomic E-state index is 11.6. The van der Waals surface area contributed by atoms with Crippen molar-refractivity contribution in [2.45, 2.75) is 31.7 Å². The highest BCUT2D eigenvalue weighted by Gasteiger charge is 2.29. The maximum absolute atomic E-state index is 11.6. The number of nitrogens with one attached hydrogen (secondary N) is 1. The molecule has 0 aromatic heterocycles. The smallest absolute Gasteiger partial charge is 0.323 e. The van der Waals surface area contributed by atoms with E-state index in [2.05, 4.69) is 0 Å². The van der Waals surface area contributed by atoms with Crippen molar-refractivity contribution in [3.63, 3.8) is 0 Å². The summed E-state index contributed by atoms with van der Waals surface area (Å²) in [6.45, 7) is 0.0526. The Morgan fingerprint density at radius 3 is 2.47 bits per heavy atom. The minimum absolute atomic E-state index is 0.0712. The molecule has 0 aromatic rings. The number of hydrazine groups is 1. The maximum Gasteiger partial charge on any atom is 0.323 e. The van der Waals surface area contributed by atoms with Crippen LogP contribution in [0.5, 0.6) is 0 Å². The largest absolute Gasteiger partial charge is 0.395 e. The van der Waals surface area contributed by atoms with E-state index in [0.717, 1.165) is 25.7 Å². The number of aliphatic hydroxyl groups excluding tert-OH is 1. The van der Waals surface area contributed by atoms with Crippen LogP contribution < -0.4 is 11.3 Å². The first-order valence-electron chi connectivity index (χ1n) is 5.13. The Hall–Kier alpha value is -1.14. The van der Waals surface area contributed by atoms with Crippen LogP contribution in [0, 0.1) is 0 Å². The lowest BCUT2D eigenvalue weighted by Crippen LogP contribution is -2.49. The standard InChI is InChI=1S/C9H17N3O3/c10-11-8(14)9(15)12(5-6-13)7-3-1-2-4-7/h7,13H,1-6,10H2,(H,11,14). The molecule has 86 valence electrons. The summed E-state index contributed by atoms with van der Waals surface area (Å²) in [6.07, 6.45) is 3.90. The summed E-state index contributed by atoms with van der Waals surface area (Å²) >= 11 is 0. The number of nitrogens with two attached hydrogens (primary N) is 1. The second-order valence-electron chi connectivity index (χ2n) is 3.63. The number of amides is 2. The zero-order chi connectivity index (χ0) is 11.3. The van der Waals surface area contributed by atoms with Crippen LogP contribution >= 0.6 is 0 Å². The van der Waals surface area contributed by atoms with Gasteiger partial charge in [0.25, 0.3) is 0 Å². The van der Waals surface area contributed by atoms with Crippen LogP contribution in [0.3, 0.4) is 0 Å². The van der Waals surface area contributed by atoms with E-state index in [9.17, 15) is 9.59 Å². The fraction of sp³-hybridized carbons (Fsp3) is 0.778. The van der Waals surface area contributed by atoms with Crippen molar-refractivity contribution >= 4 is 11.8 Å². The fourth-order valence-corrected chi connectivity index (χ4v) is 1.97. The molecule has 0 bridgehead atoms. The predicted molar refractivity (Wildman–Crippen MR) is 53.4 cm³/mol. The van der Waals surface area contributed by atoms with Gasteiger partial charge in [0.05, 0.1) is 6.61 Å². The Kier molecular flexibility index (Phi) is 4.51. The molecule has 0 spiro atoms. The van der Waals surface area contributed by atoms with Gasteiger partial charge < -0.3 is 10.0 Å². The van der Waals surface area contributed by atoms with E-state index in [-0.39, 0.29) is 19.2 Å². The monoisotopic (exact) mass is 215 g/mol. The van der Waals surface area contributed by atoms with Gasteiger partial charge in [-0.1, -0.05) is 12.8 Å². The van der Waals surface area contributed by atoms with Crippen LogP contribution in [0.1, 0.15) is 25.7 Å². The van der Waals surface area contributed by atoms with Gasteiger partial charge in [0.2, 0.25) is 0 Å². The second kappa shape index (κ2) is 5.67. The third-order valence-corrected chi connectivity index (χ3v) is 2.69. The Bertz CT molecular complexity index is 239. The average molecular weight is 215 g/mol. The van der Waals surface area contributed by atoms with Crippen LogP contribution in [0.15, 0.2) is 0 Å². The number of aliphatic hydroxyl groups is 1. The highest BCUT2D eigenvalue weighted by molar-refractivity contribution is 6.34. The molecular formula is C9H17N3O3. The molecule has 1 rings (SSSR count). The summed E-state index contributed by atoms with van der Waals surface area (Å²) in [7, 11) is 0. The first-order valence-corrected chi connectivity index (χ1v) is 5.13. The van der Waals surface area contributed by atoms with Crippen LogP contribution in [0.2, 0.25) is 0 Å². The van der Waals surface area contributed by atoms with Gasteiger partial charge >= 0.3 is 11.8 Å². The molecule has 6 heteroatoms. The molecule has 0 saturated heterocycles. The van der Waals surface area contributed by atoms with Crippen LogP contribution in [-0.2, 0) is 9.59 Å². The fourth-order valence-electron chi connectivity index (χ4n) is 1.97. The zero-order valence-corrected chi connectivity index (χ0v) is 8.61. The highest BCUT2D eigenvalue weighted by Crippen LogP contribution is 2.23. The zero-order valence-electron chi connectivity index (χ0n) is 8.61. The Labute approximate surface area is 88.4 Å². The third-order valence-electron chi connectivity index (χ3n) is 2.69. The molecule has 15 heavy (non-hydrogen) atoms. The van der Waals surface area contributed by atoms with Gasteiger partial charge in [-0.15, -0.1) is 0 Å². The van der Waals surface area contributed by atoms with Crippen molar-refractivity contribution in [1.29, 1.82) is 0 Å². The number of carbonyl (C=O) groups excluding carboxylic acids is 2. The number of hydrogen-bond donors (Lipinski definition) is 3. The van der Waals surface area contributed by atoms with Gasteiger partial charge in [-0.25, -0.2) is 5.84 Å². The van der Waals surface area contributed by atoms with E-state index in [0.29, 0.717) is 0 Å². The van der Waals surface area contributed by atoms with Gasteiger partial charge in [0.15, 0.2) is 0 Å². The lowest BCUT2D eigenvalue weighted by Gasteiger charge is -2.27. The van der Waals surface area contributed by atoms with E-state index in [1.54, 1.807) is 0 Å². The molecule has 1 saturated carbocycles. The molecule has 0 unspecified atom stereocenters. The molecule has 0 radical (unpaired) electrons. The molecule has 0 aliphatic heterocycles. The Morgan fingerprint density at radius 2 is 2.00 bits per heavy atom. The summed E-state index contributed by atoms with van der Waals surface area (Å²) in [5.74, 6) is 3.42. The number of carbonyl (C=O) groups is 2. The predicted octanol–water partition coefficient (Wildman–Crippen LogP) is -1.26. The summed E-state index contributed by atoms with van der Waals surface area (Å²) in [4.78, 5) is 24.1. The van der Waals surface area contributed by atoms with Crippen molar-refractivity contribution in [3.05, 3.63) is 0 Å². The van der Waals surface area contributed by atoms with E-state index in [4.69, 9.17) is 10.9 Å².